The Morgan fingerprint density at radius 3 is 2.92 bits per heavy atom. The first-order chi connectivity index (χ1) is 5.86. The minimum atomic E-state index is 0.594. The Morgan fingerprint density at radius 1 is 1.58 bits per heavy atom. The molecule has 0 radical (unpaired) electrons. The van der Waals surface area contributed by atoms with Crippen LogP contribution in [-0.2, 0) is 11.2 Å². The molecule has 0 fully saturated rings. The molecule has 0 aliphatic carbocycles. The van der Waals surface area contributed by atoms with Crippen molar-refractivity contribution in [3.8, 4) is 6.07 Å². The van der Waals surface area contributed by atoms with E-state index >= 15 is 0 Å². The zero-order chi connectivity index (χ0) is 8.81. The number of pyridine rings is 1. The van der Waals surface area contributed by atoms with Gasteiger partial charge < -0.3 is 4.74 Å². The van der Waals surface area contributed by atoms with Crippen LogP contribution in [0.1, 0.15) is 11.3 Å². The van der Waals surface area contributed by atoms with Crippen molar-refractivity contribution in [1.82, 2.24) is 4.98 Å². The van der Waals surface area contributed by atoms with E-state index in [1.54, 1.807) is 19.4 Å². The Kier molecular flexibility index (Phi) is 3.24. The van der Waals surface area contributed by atoms with Gasteiger partial charge in [0.1, 0.15) is 6.07 Å². The van der Waals surface area contributed by atoms with Gasteiger partial charge in [0.05, 0.1) is 12.2 Å². The topological polar surface area (TPSA) is 45.9 Å². The Hall–Kier alpha value is -1.40. The zero-order valence-corrected chi connectivity index (χ0v) is 6.95. The van der Waals surface area contributed by atoms with Gasteiger partial charge in [-0.1, -0.05) is 0 Å². The molecule has 62 valence electrons. The van der Waals surface area contributed by atoms with Crippen molar-refractivity contribution in [3.05, 3.63) is 29.6 Å². The maximum Gasteiger partial charge on any atom is 0.101 e. The largest absolute Gasteiger partial charge is 0.384 e. The lowest BCUT2D eigenvalue weighted by Gasteiger charge is -1.97. The van der Waals surface area contributed by atoms with Crippen LogP contribution in [0.3, 0.4) is 0 Å². The molecule has 0 unspecified atom stereocenters. The third kappa shape index (κ3) is 2.33. The summed E-state index contributed by atoms with van der Waals surface area (Å²) in [5, 5.41) is 8.49. The predicted octanol–water partition coefficient (Wildman–Crippen LogP) is 1.14. The van der Waals surface area contributed by atoms with E-state index < -0.39 is 0 Å². The molecule has 12 heavy (non-hydrogen) atoms. The van der Waals surface area contributed by atoms with E-state index in [-0.39, 0.29) is 0 Å². The van der Waals surface area contributed by atoms with Gasteiger partial charge in [-0.2, -0.15) is 5.26 Å². The van der Waals surface area contributed by atoms with E-state index in [2.05, 4.69) is 4.98 Å². The highest BCUT2D eigenvalue weighted by Crippen LogP contribution is 1.99. The van der Waals surface area contributed by atoms with Crippen LogP contribution >= 0.6 is 0 Å². The molecule has 0 saturated carbocycles. The van der Waals surface area contributed by atoms with Crippen molar-refractivity contribution >= 4 is 0 Å². The molecule has 0 N–H and O–H groups in total. The molecule has 0 aliphatic rings. The van der Waals surface area contributed by atoms with Crippen molar-refractivity contribution in [3.63, 3.8) is 0 Å². The molecule has 1 heterocycles. The molecule has 1 aromatic heterocycles. The summed E-state index contributed by atoms with van der Waals surface area (Å²) in [4.78, 5) is 4.08. The lowest BCUT2D eigenvalue weighted by molar-refractivity contribution is 0.201. The second-order valence-corrected chi connectivity index (χ2v) is 2.39. The van der Waals surface area contributed by atoms with E-state index in [0.717, 1.165) is 12.1 Å². The Labute approximate surface area is 71.6 Å². The standard InChI is InChI=1S/C9H10N2O/c1-12-5-4-9-3-2-8(6-10)7-11-9/h2-3,7H,4-5H2,1H3. The number of methoxy groups -OCH3 is 1. The molecule has 0 aromatic carbocycles. The molecule has 0 aliphatic heterocycles. The fraction of sp³-hybridized carbons (Fsp3) is 0.333. The number of ether oxygens (including phenoxy) is 1. The van der Waals surface area contributed by atoms with Gasteiger partial charge in [-0.05, 0) is 12.1 Å². The highest BCUT2D eigenvalue weighted by Gasteiger charge is 1.94. The first kappa shape index (κ1) is 8.69. The Morgan fingerprint density at radius 2 is 2.42 bits per heavy atom. The highest BCUT2D eigenvalue weighted by atomic mass is 16.5. The van der Waals surface area contributed by atoms with Gasteiger partial charge in [-0.3, -0.25) is 4.98 Å². The van der Waals surface area contributed by atoms with Gasteiger partial charge in [0.2, 0.25) is 0 Å². The van der Waals surface area contributed by atoms with Crippen molar-refractivity contribution < 1.29 is 4.74 Å². The molecule has 1 rings (SSSR count). The Bertz CT molecular complexity index is 274. The summed E-state index contributed by atoms with van der Waals surface area (Å²) in [6, 6.07) is 5.62. The van der Waals surface area contributed by atoms with Gasteiger partial charge in [0.15, 0.2) is 0 Å². The smallest absolute Gasteiger partial charge is 0.101 e. The van der Waals surface area contributed by atoms with Crippen molar-refractivity contribution in [2.45, 2.75) is 6.42 Å². The first-order valence-electron chi connectivity index (χ1n) is 3.71. The van der Waals surface area contributed by atoms with Crippen LogP contribution in [0.4, 0.5) is 0 Å². The summed E-state index contributed by atoms with van der Waals surface area (Å²) in [5.74, 6) is 0. The number of nitrogens with zero attached hydrogens (tertiary/aromatic N) is 2. The second-order valence-electron chi connectivity index (χ2n) is 2.39. The molecule has 0 bridgehead atoms. The third-order valence-electron chi connectivity index (χ3n) is 1.52. The first-order valence-corrected chi connectivity index (χ1v) is 3.71. The predicted molar refractivity (Wildman–Crippen MR) is 44.5 cm³/mol. The molecule has 1 aromatic rings. The lowest BCUT2D eigenvalue weighted by atomic mass is 10.2. The van der Waals surface area contributed by atoms with Crippen molar-refractivity contribution in [2.24, 2.45) is 0 Å². The van der Waals surface area contributed by atoms with E-state index in [4.69, 9.17) is 10.00 Å². The number of nitriles is 1. The SMILES string of the molecule is COCCc1ccc(C#N)cn1. The summed E-state index contributed by atoms with van der Waals surface area (Å²) in [6.07, 6.45) is 2.37. The van der Waals surface area contributed by atoms with Crippen molar-refractivity contribution in [2.75, 3.05) is 13.7 Å². The van der Waals surface area contributed by atoms with Crippen LogP contribution in [0.5, 0.6) is 0 Å². The lowest BCUT2D eigenvalue weighted by Crippen LogP contribution is -1.96. The minimum absolute atomic E-state index is 0.594. The minimum Gasteiger partial charge on any atom is -0.384 e. The van der Waals surface area contributed by atoms with Crippen LogP contribution in [0.25, 0.3) is 0 Å². The summed E-state index contributed by atoms with van der Waals surface area (Å²) in [6.45, 7) is 0.666. The van der Waals surface area contributed by atoms with E-state index in [9.17, 15) is 0 Å². The van der Waals surface area contributed by atoms with E-state index in [1.807, 2.05) is 12.1 Å². The monoisotopic (exact) mass is 162 g/mol. The third-order valence-corrected chi connectivity index (χ3v) is 1.52. The molecular weight excluding hydrogens is 152 g/mol. The van der Waals surface area contributed by atoms with Crippen LogP contribution < -0.4 is 0 Å². The van der Waals surface area contributed by atoms with Crippen molar-refractivity contribution in [1.29, 1.82) is 5.26 Å². The summed E-state index contributed by atoms with van der Waals surface area (Å²) < 4.78 is 4.90. The van der Waals surface area contributed by atoms with Gasteiger partial charge in [0, 0.05) is 25.4 Å². The molecule has 3 heteroatoms. The quantitative estimate of drug-likeness (QED) is 0.669. The van der Waals surface area contributed by atoms with Gasteiger partial charge in [-0.15, -0.1) is 0 Å². The van der Waals surface area contributed by atoms with Crippen LogP contribution in [0, 0.1) is 11.3 Å². The normalized spacial score (nSPS) is 9.33. The van der Waals surface area contributed by atoms with Gasteiger partial charge >= 0.3 is 0 Å². The average Bonchev–Trinajstić information content (AvgIpc) is 2.15. The zero-order valence-electron chi connectivity index (χ0n) is 6.95. The molecule has 0 amide bonds. The Balaban J connectivity index is 2.60. The molecular formula is C9H10N2O. The van der Waals surface area contributed by atoms with E-state index in [0.29, 0.717) is 12.2 Å². The van der Waals surface area contributed by atoms with Crippen LogP contribution in [0.2, 0.25) is 0 Å². The van der Waals surface area contributed by atoms with Gasteiger partial charge in [-0.25, -0.2) is 0 Å². The highest BCUT2D eigenvalue weighted by molar-refractivity contribution is 5.26. The number of hydrogen-bond donors (Lipinski definition) is 0. The molecule has 0 spiro atoms. The number of rotatable bonds is 3. The molecule has 0 saturated heterocycles. The van der Waals surface area contributed by atoms with Crippen LogP contribution in [-0.4, -0.2) is 18.7 Å². The summed E-state index contributed by atoms with van der Waals surface area (Å²) in [7, 11) is 1.66. The second kappa shape index (κ2) is 4.47. The fourth-order valence-electron chi connectivity index (χ4n) is 0.845. The number of aromatic nitrogens is 1. The summed E-state index contributed by atoms with van der Waals surface area (Å²) in [5.41, 5.74) is 1.55. The van der Waals surface area contributed by atoms with Gasteiger partial charge in [0.25, 0.3) is 0 Å². The summed E-state index contributed by atoms with van der Waals surface area (Å²) >= 11 is 0. The maximum absolute atomic E-state index is 8.49. The maximum atomic E-state index is 8.49. The molecule has 0 atom stereocenters. The van der Waals surface area contributed by atoms with E-state index in [1.165, 1.54) is 0 Å². The average molecular weight is 162 g/mol. The number of hydrogen-bond acceptors (Lipinski definition) is 3. The van der Waals surface area contributed by atoms with Crippen LogP contribution in [0.15, 0.2) is 18.3 Å². The molecule has 3 nitrogen and oxygen atoms in total. The fourth-order valence-corrected chi connectivity index (χ4v) is 0.845.